The van der Waals surface area contributed by atoms with Crippen molar-refractivity contribution in [3.05, 3.63) is 30.1 Å². The molecule has 0 amide bonds. The highest BCUT2D eigenvalue weighted by atomic mass is 16.5. The van der Waals surface area contributed by atoms with Gasteiger partial charge in [-0.05, 0) is 31.5 Å². The van der Waals surface area contributed by atoms with Crippen molar-refractivity contribution in [3.8, 4) is 17.2 Å². The Morgan fingerprint density at radius 2 is 2.26 bits per heavy atom. The first-order chi connectivity index (χ1) is 9.38. The van der Waals surface area contributed by atoms with E-state index in [1.54, 1.807) is 7.11 Å². The molecule has 1 fully saturated rings. The number of para-hydroxylation sites is 1. The number of nitrogens with zero attached hydrogens (tertiary/aromatic N) is 2. The standard InChI is InChI=1S/C14H17N3O2/c1-18-12-7-3-2-6-11(12)14-16-13(17-19-14)10-5-4-8-15-9-10/h2-3,6-7,10,15H,4-5,8-9H2,1H3. The summed E-state index contributed by atoms with van der Waals surface area (Å²) in [4.78, 5) is 4.51. The number of benzene rings is 1. The van der Waals surface area contributed by atoms with E-state index < -0.39 is 0 Å². The van der Waals surface area contributed by atoms with Crippen molar-refractivity contribution in [1.29, 1.82) is 0 Å². The molecule has 0 aliphatic carbocycles. The molecule has 19 heavy (non-hydrogen) atoms. The number of aromatic nitrogens is 2. The monoisotopic (exact) mass is 259 g/mol. The van der Waals surface area contributed by atoms with Crippen molar-refractivity contribution >= 4 is 0 Å². The number of hydrogen-bond donors (Lipinski definition) is 1. The second-order valence-electron chi connectivity index (χ2n) is 4.70. The highest BCUT2D eigenvalue weighted by Crippen LogP contribution is 2.30. The molecule has 1 aliphatic rings. The van der Waals surface area contributed by atoms with Gasteiger partial charge in [-0.2, -0.15) is 4.98 Å². The van der Waals surface area contributed by atoms with Crippen molar-refractivity contribution in [3.63, 3.8) is 0 Å². The van der Waals surface area contributed by atoms with E-state index in [-0.39, 0.29) is 0 Å². The lowest BCUT2D eigenvalue weighted by atomic mass is 9.99. The van der Waals surface area contributed by atoms with Crippen LogP contribution in [0.4, 0.5) is 0 Å². The molecular formula is C14H17N3O2. The third-order valence-corrected chi connectivity index (χ3v) is 3.44. The van der Waals surface area contributed by atoms with Gasteiger partial charge in [-0.25, -0.2) is 0 Å². The van der Waals surface area contributed by atoms with Crippen LogP contribution in [0.3, 0.4) is 0 Å². The smallest absolute Gasteiger partial charge is 0.261 e. The number of ether oxygens (including phenoxy) is 1. The van der Waals surface area contributed by atoms with Crippen molar-refractivity contribution < 1.29 is 9.26 Å². The molecule has 1 aromatic carbocycles. The first-order valence-corrected chi connectivity index (χ1v) is 6.56. The summed E-state index contributed by atoms with van der Waals surface area (Å²) in [7, 11) is 1.64. The van der Waals surface area contributed by atoms with Crippen LogP contribution in [-0.4, -0.2) is 30.3 Å². The van der Waals surface area contributed by atoms with Gasteiger partial charge in [0.25, 0.3) is 5.89 Å². The van der Waals surface area contributed by atoms with Crippen molar-refractivity contribution in [2.45, 2.75) is 18.8 Å². The van der Waals surface area contributed by atoms with Gasteiger partial charge < -0.3 is 14.6 Å². The van der Waals surface area contributed by atoms with Crippen LogP contribution < -0.4 is 10.1 Å². The van der Waals surface area contributed by atoms with Crippen LogP contribution in [0.1, 0.15) is 24.6 Å². The minimum Gasteiger partial charge on any atom is -0.496 e. The lowest BCUT2D eigenvalue weighted by Gasteiger charge is -2.19. The largest absolute Gasteiger partial charge is 0.496 e. The molecule has 1 aromatic heterocycles. The molecule has 0 radical (unpaired) electrons. The van der Waals surface area contributed by atoms with Gasteiger partial charge in [-0.1, -0.05) is 17.3 Å². The first kappa shape index (κ1) is 12.2. The fraction of sp³-hybridized carbons (Fsp3) is 0.429. The zero-order valence-electron chi connectivity index (χ0n) is 10.9. The van der Waals surface area contributed by atoms with E-state index in [4.69, 9.17) is 9.26 Å². The normalized spacial score (nSPS) is 19.3. The third kappa shape index (κ3) is 2.46. The molecule has 3 rings (SSSR count). The van der Waals surface area contributed by atoms with E-state index in [9.17, 15) is 0 Å². The van der Waals surface area contributed by atoms with Crippen LogP contribution in [0.2, 0.25) is 0 Å². The summed E-state index contributed by atoms with van der Waals surface area (Å²) in [5.74, 6) is 2.41. The molecule has 1 atom stereocenters. The molecule has 100 valence electrons. The minimum absolute atomic E-state index is 0.348. The molecule has 2 heterocycles. The summed E-state index contributed by atoms with van der Waals surface area (Å²) < 4.78 is 10.7. The van der Waals surface area contributed by atoms with Crippen LogP contribution in [0.25, 0.3) is 11.5 Å². The van der Waals surface area contributed by atoms with E-state index in [0.29, 0.717) is 11.8 Å². The summed E-state index contributed by atoms with van der Waals surface area (Å²) in [6.07, 6.45) is 2.26. The summed E-state index contributed by atoms with van der Waals surface area (Å²) in [5.41, 5.74) is 0.840. The molecular weight excluding hydrogens is 242 g/mol. The Kier molecular flexibility index (Phi) is 3.46. The Morgan fingerprint density at radius 3 is 3.05 bits per heavy atom. The van der Waals surface area contributed by atoms with Crippen LogP contribution in [0.5, 0.6) is 5.75 Å². The van der Waals surface area contributed by atoms with Gasteiger partial charge in [0.1, 0.15) is 5.75 Å². The number of piperidine rings is 1. The zero-order chi connectivity index (χ0) is 13.1. The van der Waals surface area contributed by atoms with Crippen LogP contribution in [0, 0.1) is 0 Å². The molecule has 0 spiro atoms. The van der Waals surface area contributed by atoms with Gasteiger partial charge in [0.2, 0.25) is 0 Å². The summed E-state index contributed by atoms with van der Waals surface area (Å²) >= 11 is 0. The number of nitrogens with one attached hydrogen (secondary N) is 1. The highest BCUT2D eigenvalue weighted by Gasteiger charge is 2.22. The van der Waals surface area contributed by atoms with Gasteiger partial charge in [0, 0.05) is 12.5 Å². The number of methoxy groups -OCH3 is 1. The van der Waals surface area contributed by atoms with Gasteiger partial charge in [-0.15, -0.1) is 0 Å². The van der Waals surface area contributed by atoms with Crippen LogP contribution in [-0.2, 0) is 0 Å². The third-order valence-electron chi connectivity index (χ3n) is 3.44. The second-order valence-corrected chi connectivity index (χ2v) is 4.70. The molecule has 5 heteroatoms. The van der Waals surface area contributed by atoms with Gasteiger partial charge in [-0.3, -0.25) is 0 Å². The van der Waals surface area contributed by atoms with Gasteiger partial charge >= 0.3 is 0 Å². The molecule has 1 aliphatic heterocycles. The fourth-order valence-electron chi connectivity index (χ4n) is 2.40. The number of rotatable bonds is 3. The van der Waals surface area contributed by atoms with Crippen molar-refractivity contribution in [1.82, 2.24) is 15.5 Å². The summed E-state index contributed by atoms with van der Waals surface area (Å²) in [6.45, 7) is 2.00. The van der Waals surface area contributed by atoms with E-state index in [0.717, 1.165) is 43.1 Å². The SMILES string of the molecule is COc1ccccc1-c1nc(C2CCCNC2)no1. The zero-order valence-corrected chi connectivity index (χ0v) is 10.9. The predicted molar refractivity (Wildman–Crippen MR) is 71.1 cm³/mol. The average molecular weight is 259 g/mol. The van der Waals surface area contributed by atoms with Crippen LogP contribution in [0.15, 0.2) is 28.8 Å². The number of hydrogen-bond acceptors (Lipinski definition) is 5. The maximum absolute atomic E-state index is 5.38. The topological polar surface area (TPSA) is 60.2 Å². The molecule has 1 unspecified atom stereocenters. The van der Waals surface area contributed by atoms with Crippen molar-refractivity contribution in [2.75, 3.05) is 20.2 Å². The maximum Gasteiger partial charge on any atom is 0.261 e. The van der Waals surface area contributed by atoms with E-state index in [1.165, 1.54) is 0 Å². The molecule has 1 N–H and O–H groups in total. The average Bonchev–Trinajstić information content (AvgIpc) is 2.98. The van der Waals surface area contributed by atoms with Gasteiger partial charge in [0.15, 0.2) is 5.82 Å². The fourth-order valence-corrected chi connectivity index (χ4v) is 2.40. The molecule has 0 saturated carbocycles. The Bertz CT molecular complexity index is 547. The highest BCUT2D eigenvalue weighted by molar-refractivity contribution is 5.62. The molecule has 5 nitrogen and oxygen atoms in total. The molecule has 2 aromatic rings. The molecule has 0 bridgehead atoms. The summed E-state index contributed by atoms with van der Waals surface area (Å²) in [5, 5.41) is 7.47. The maximum atomic E-state index is 5.38. The van der Waals surface area contributed by atoms with E-state index in [2.05, 4.69) is 15.5 Å². The Hall–Kier alpha value is -1.88. The minimum atomic E-state index is 0.348. The Labute approximate surface area is 112 Å². The first-order valence-electron chi connectivity index (χ1n) is 6.56. The Morgan fingerprint density at radius 1 is 1.37 bits per heavy atom. The lowest BCUT2D eigenvalue weighted by molar-refractivity contribution is 0.388. The van der Waals surface area contributed by atoms with Crippen LogP contribution >= 0.6 is 0 Å². The van der Waals surface area contributed by atoms with E-state index >= 15 is 0 Å². The quantitative estimate of drug-likeness (QED) is 0.915. The second kappa shape index (κ2) is 5.40. The van der Waals surface area contributed by atoms with Crippen molar-refractivity contribution in [2.24, 2.45) is 0 Å². The summed E-state index contributed by atoms with van der Waals surface area (Å²) in [6, 6.07) is 7.67. The van der Waals surface area contributed by atoms with Gasteiger partial charge in [0.05, 0.1) is 12.7 Å². The predicted octanol–water partition coefficient (Wildman–Crippen LogP) is 2.21. The molecule has 1 saturated heterocycles. The Balaban J connectivity index is 1.88. The lowest BCUT2D eigenvalue weighted by Crippen LogP contribution is -2.28. The van der Waals surface area contributed by atoms with E-state index in [1.807, 2.05) is 24.3 Å².